The SMILES string of the molecule is CCOC[NH+]1C(=O)C(C(=O)NN)=C(O)C=C1C. The molecule has 1 rings (SSSR count). The first-order chi connectivity index (χ1) is 8.02. The standard InChI is InChI=1S/C10H15N3O4/c1-3-17-5-13-6(2)4-7(14)8(10(13)16)9(15)12-11/h4,14H,3,5,11H2,1-2H3,(H,12,15)/p+1. The van der Waals surface area contributed by atoms with Crippen LogP contribution in [0.25, 0.3) is 0 Å². The molecular formula is C10H16N3O4+. The lowest BCUT2D eigenvalue weighted by Gasteiger charge is -2.21. The number of nitrogens with one attached hydrogen (secondary N) is 2. The van der Waals surface area contributed by atoms with Gasteiger partial charge in [0.05, 0.1) is 0 Å². The van der Waals surface area contributed by atoms with E-state index in [-0.39, 0.29) is 18.1 Å². The molecule has 94 valence electrons. The van der Waals surface area contributed by atoms with Gasteiger partial charge < -0.3 is 9.84 Å². The number of aliphatic hydroxyl groups excluding tert-OH is 1. The number of carbonyl (C=O) groups is 2. The summed E-state index contributed by atoms with van der Waals surface area (Å²) in [5, 5.41) is 9.57. The van der Waals surface area contributed by atoms with Gasteiger partial charge in [0, 0.05) is 19.6 Å². The van der Waals surface area contributed by atoms with Crippen molar-refractivity contribution in [2.45, 2.75) is 13.8 Å². The van der Waals surface area contributed by atoms with Crippen molar-refractivity contribution >= 4 is 11.8 Å². The summed E-state index contributed by atoms with van der Waals surface area (Å²) in [7, 11) is 0. The minimum atomic E-state index is -0.815. The van der Waals surface area contributed by atoms with Gasteiger partial charge in [0.15, 0.2) is 12.3 Å². The molecule has 5 N–H and O–H groups in total. The second kappa shape index (κ2) is 5.58. The Morgan fingerprint density at radius 3 is 2.82 bits per heavy atom. The fourth-order valence-electron chi connectivity index (χ4n) is 1.49. The van der Waals surface area contributed by atoms with Gasteiger partial charge in [-0.3, -0.25) is 10.2 Å². The molecule has 0 aromatic rings. The molecule has 0 aromatic carbocycles. The Hall–Kier alpha value is -1.70. The number of aliphatic hydroxyl groups is 1. The van der Waals surface area contributed by atoms with Gasteiger partial charge in [0.25, 0.3) is 5.91 Å². The summed E-state index contributed by atoms with van der Waals surface area (Å²) >= 11 is 0. The number of hydrazine groups is 1. The summed E-state index contributed by atoms with van der Waals surface area (Å²) < 4.78 is 5.14. The molecule has 0 fully saturated rings. The molecule has 2 amide bonds. The van der Waals surface area contributed by atoms with Crippen molar-refractivity contribution in [2.75, 3.05) is 13.3 Å². The van der Waals surface area contributed by atoms with Gasteiger partial charge in [0.2, 0.25) is 0 Å². The van der Waals surface area contributed by atoms with Crippen LogP contribution in [-0.2, 0) is 14.3 Å². The number of allylic oxidation sites excluding steroid dienone is 2. The average Bonchev–Trinajstić information content (AvgIpc) is 2.28. The topological polar surface area (TPSA) is 106 Å². The number of carbonyl (C=O) groups excluding carboxylic acids is 2. The van der Waals surface area contributed by atoms with Crippen LogP contribution in [0.2, 0.25) is 0 Å². The summed E-state index contributed by atoms with van der Waals surface area (Å²) in [4.78, 5) is 23.7. The third-order valence-corrected chi connectivity index (χ3v) is 2.40. The molecule has 0 saturated carbocycles. The molecule has 1 atom stereocenters. The molecule has 0 radical (unpaired) electrons. The summed E-state index contributed by atoms with van der Waals surface area (Å²) in [6.07, 6.45) is 1.35. The zero-order chi connectivity index (χ0) is 13.0. The number of amides is 2. The molecule has 0 bridgehead atoms. The van der Waals surface area contributed by atoms with Crippen LogP contribution in [0, 0.1) is 0 Å². The van der Waals surface area contributed by atoms with E-state index in [4.69, 9.17) is 10.6 Å². The van der Waals surface area contributed by atoms with Gasteiger partial charge in [-0.15, -0.1) is 0 Å². The van der Waals surface area contributed by atoms with Crippen LogP contribution in [0.5, 0.6) is 0 Å². The summed E-state index contributed by atoms with van der Waals surface area (Å²) in [6, 6.07) is 0. The molecule has 0 saturated heterocycles. The predicted octanol–water partition coefficient (Wildman–Crippen LogP) is -1.89. The Morgan fingerprint density at radius 1 is 1.65 bits per heavy atom. The van der Waals surface area contributed by atoms with Crippen LogP contribution < -0.4 is 16.2 Å². The highest BCUT2D eigenvalue weighted by Gasteiger charge is 2.36. The molecule has 0 spiro atoms. The molecule has 0 aromatic heterocycles. The lowest BCUT2D eigenvalue weighted by atomic mass is 10.1. The zero-order valence-electron chi connectivity index (χ0n) is 9.74. The lowest BCUT2D eigenvalue weighted by Crippen LogP contribution is -3.13. The second-order valence-electron chi connectivity index (χ2n) is 3.51. The predicted molar refractivity (Wildman–Crippen MR) is 58.2 cm³/mol. The number of nitrogens with two attached hydrogens (primary N) is 1. The number of rotatable bonds is 4. The Balaban J connectivity index is 3.02. The van der Waals surface area contributed by atoms with Crippen molar-refractivity contribution in [1.82, 2.24) is 5.43 Å². The van der Waals surface area contributed by atoms with E-state index in [2.05, 4.69) is 0 Å². The molecule has 7 heteroatoms. The first-order valence-electron chi connectivity index (χ1n) is 5.14. The maximum absolute atomic E-state index is 12.0. The summed E-state index contributed by atoms with van der Waals surface area (Å²) in [6.45, 7) is 4.03. The Kier molecular flexibility index (Phi) is 4.38. The van der Waals surface area contributed by atoms with Crippen molar-refractivity contribution in [3.63, 3.8) is 0 Å². The zero-order valence-corrected chi connectivity index (χ0v) is 9.74. The third kappa shape index (κ3) is 2.70. The largest absolute Gasteiger partial charge is 0.507 e. The summed E-state index contributed by atoms with van der Waals surface area (Å²) in [5.74, 6) is 3.20. The first-order valence-corrected chi connectivity index (χ1v) is 5.14. The van der Waals surface area contributed by atoms with Crippen LogP contribution in [0.1, 0.15) is 13.8 Å². The average molecular weight is 242 g/mol. The van der Waals surface area contributed by atoms with E-state index in [9.17, 15) is 14.7 Å². The van der Waals surface area contributed by atoms with Crippen molar-refractivity contribution < 1.29 is 24.3 Å². The van der Waals surface area contributed by atoms with Crippen molar-refractivity contribution in [1.29, 1.82) is 0 Å². The van der Waals surface area contributed by atoms with Crippen LogP contribution in [0.15, 0.2) is 23.1 Å². The minimum absolute atomic E-state index is 0.103. The first kappa shape index (κ1) is 13.4. The third-order valence-electron chi connectivity index (χ3n) is 2.40. The molecule has 17 heavy (non-hydrogen) atoms. The quantitative estimate of drug-likeness (QED) is 0.200. The van der Waals surface area contributed by atoms with Gasteiger partial charge in [-0.25, -0.2) is 15.5 Å². The van der Waals surface area contributed by atoms with Crippen LogP contribution in [0.3, 0.4) is 0 Å². The van der Waals surface area contributed by atoms with Crippen LogP contribution >= 0.6 is 0 Å². The fraction of sp³-hybridized carbons (Fsp3) is 0.400. The lowest BCUT2D eigenvalue weighted by molar-refractivity contribution is -0.802. The van der Waals surface area contributed by atoms with Crippen molar-refractivity contribution in [3.05, 3.63) is 23.1 Å². The number of hydrogen-bond acceptors (Lipinski definition) is 5. The van der Waals surface area contributed by atoms with Crippen LogP contribution in [0.4, 0.5) is 0 Å². The highest BCUT2D eigenvalue weighted by Crippen LogP contribution is 2.08. The Labute approximate surface area is 98.5 Å². The molecule has 7 nitrogen and oxygen atoms in total. The maximum atomic E-state index is 12.0. The highest BCUT2D eigenvalue weighted by molar-refractivity contribution is 6.16. The molecule has 1 unspecified atom stereocenters. The van der Waals surface area contributed by atoms with Crippen LogP contribution in [-0.4, -0.2) is 30.3 Å². The highest BCUT2D eigenvalue weighted by atomic mass is 16.5. The Bertz CT molecular complexity index is 400. The van der Waals surface area contributed by atoms with Gasteiger partial charge >= 0.3 is 5.91 Å². The monoisotopic (exact) mass is 242 g/mol. The molecule has 1 aliphatic heterocycles. The molecule has 1 aliphatic rings. The summed E-state index contributed by atoms with van der Waals surface area (Å²) in [5.41, 5.74) is 2.05. The van der Waals surface area contributed by atoms with Crippen molar-refractivity contribution in [3.8, 4) is 0 Å². The molecule has 0 aliphatic carbocycles. The number of hydrogen-bond donors (Lipinski definition) is 4. The minimum Gasteiger partial charge on any atom is -0.507 e. The number of quaternary nitrogens is 1. The number of ether oxygens (including phenoxy) is 1. The van der Waals surface area contributed by atoms with E-state index >= 15 is 0 Å². The van der Waals surface area contributed by atoms with Gasteiger partial charge in [-0.2, -0.15) is 0 Å². The van der Waals surface area contributed by atoms with Gasteiger partial charge in [-0.1, -0.05) is 0 Å². The molecular weight excluding hydrogens is 226 g/mol. The van der Waals surface area contributed by atoms with E-state index < -0.39 is 11.8 Å². The normalized spacial score (nSPS) is 20.3. The molecule has 1 heterocycles. The van der Waals surface area contributed by atoms with E-state index in [1.807, 2.05) is 5.43 Å². The van der Waals surface area contributed by atoms with E-state index in [0.717, 1.165) is 0 Å². The van der Waals surface area contributed by atoms with E-state index in [1.165, 1.54) is 6.08 Å². The smallest absolute Gasteiger partial charge is 0.360 e. The maximum Gasteiger partial charge on any atom is 0.360 e. The second-order valence-corrected chi connectivity index (χ2v) is 3.51. The van der Waals surface area contributed by atoms with Crippen molar-refractivity contribution in [2.24, 2.45) is 5.84 Å². The fourth-order valence-corrected chi connectivity index (χ4v) is 1.49. The van der Waals surface area contributed by atoms with Gasteiger partial charge in [0.1, 0.15) is 11.5 Å². The van der Waals surface area contributed by atoms with E-state index in [1.54, 1.807) is 13.8 Å². The van der Waals surface area contributed by atoms with Gasteiger partial charge in [-0.05, 0) is 6.92 Å². The van der Waals surface area contributed by atoms with E-state index in [0.29, 0.717) is 17.2 Å². The Morgan fingerprint density at radius 2 is 2.29 bits per heavy atom.